The molecule has 0 radical (unpaired) electrons. The SMILES string of the molecule is CCOC(=O)[C@H](C)NP(=O)(OC[C@@]1(N=[N+]=[N-])O[C@@H](n2ccc(N)nc2=O)[C@H](O)[C@@H]1O)Oc1c(OC)cccc1OC. The van der Waals surface area contributed by atoms with Crippen molar-refractivity contribution >= 4 is 19.5 Å². The molecule has 1 unspecified atom stereocenters. The first-order valence-electron chi connectivity index (χ1n) is 12.0. The Morgan fingerprint density at radius 1 is 1.34 bits per heavy atom. The number of aliphatic hydroxyl groups is 2. The number of carbonyl (C=O) groups excluding carboxylic acids is 1. The summed E-state index contributed by atoms with van der Waals surface area (Å²) in [4.78, 5) is 30.9. The van der Waals surface area contributed by atoms with E-state index in [-0.39, 0.29) is 29.7 Å². The second-order valence-corrected chi connectivity index (χ2v) is 10.2. The van der Waals surface area contributed by atoms with E-state index in [4.69, 9.17) is 33.7 Å². The third kappa shape index (κ3) is 6.89. The summed E-state index contributed by atoms with van der Waals surface area (Å²) in [5, 5.41) is 27.4. The van der Waals surface area contributed by atoms with Crippen LogP contribution in [-0.4, -0.2) is 77.1 Å². The van der Waals surface area contributed by atoms with Gasteiger partial charge in [0.15, 0.2) is 17.7 Å². The average Bonchev–Trinajstić information content (AvgIpc) is 3.17. The van der Waals surface area contributed by atoms with Crippen LogP contribution in [0.5, 0.6) is 17.2 Å². The van der Waals surface area contributed by atoms with Gasteiger partial charge in [0.2, 0.25) is 11.5 Å². The second-order valence-electron chi connectivity index (χ2n) is 8.48. The fourth-order valence-corrected chi connectivity index (χ4v) is 5.31. The van der Waals surface area contributed by atoms with Gasteiger partial charge in [-0.3, -0.25) is 13.9 Å². The van der Waals surface area contributed by atoms with Crippen molar-refractivity contribution in [2.24, 2.45) is 5.11 Å². The van der Waals surface area contributed by atoms with Crippen LogP contribution in [0.4, 0.5) is 5.82 Å². The standard InChI is InChI=1S/C22H30N7O11P/c1-5-37-20(32)12(2)26-41(34,40-17-13(35-3)7-6-8-14(17)36-4)38-11-22(27-28-24)18(31)16(30)19(39-22)29-10-9-15(23)25-21(29)33/h6-10,12,16,18-19,30-31H,5,11H2,1-4H3,(H,26,34)(H2,23,25,33)/t12-,16+,18-,19+,22+,41?/m0/s1. The number of nitrogen functional groups attached to an aromatic ring is 1. The molecule has 41 heavy (non-hydrogen) atoms. The summed E-state index contributed by atoms with van der Waals surface area (Å²) < 4.78 is 47.2. The highest BCUT2D eigenvalue weighted by molar-refractivity contribution is 7.52. The summed E-state index contributed by atoms with van der Waals surface area (Å²) in [7, 11) is -2.06. The molecule has 0 saturated carbocycles. The highest BCUT2D eigenvalue weighted by atomic mass is 31.2. The van der Waals surface area contributed by atoms with Gasteiger partial charge in [-0.2, -0.15) is 10.1 Å². The number of nitrogens with two attached hydrogens (primary N) is 1. The molecule has 3 rings (SSSR count). The third-order valence-corrected chi connectivity index (χ3v) is 7.37. The summed E-state index contributed by atoms with van der Waals surface area (Å²) in [6, 6.07) is 4.49. The molecular weight excluding hydrogens is 569 g/mol. The molecule has 2 aromatic rings. The van der Waals surface area contributed by atoms with Crippen molar-refractivity contribution in [1.82, 2.24) is 14.6 Å². The van der Waals surface area contributed by atoms with E-state index in [1.54, 1.807) is 13.0 Å². The minimum atomic E-state index is -4.69. The van der Waals surface area contributed by atoms with Gasteiger partial charge in [-0.25, -0.2) is 9.36 Å². The fourth-order valence-electron chi connectivity index (χ4n) is 3.77. The molecule has 0 spiro atoms. The number of methoxy groups -OCH3 is 2. The number of esters is 1. The lowest BCUT2D eigenvalue weighted by Gasteiger charge is -2.30. The van der Waals surface area contributed by atoms with Gasteiger partial charge in [0, 0.05) is 11.1 Å². The average molecular weight is 599 g/mol. The van der Waals surface area contributed by atoms with E-state index >= 15 is 0 Å². The number of para-hydroxylation sites is 1. The normalized spacial score (nSPS) is 24.0. The highest BCUT2D eigenvalue weighted by Gasteiger charge is 2.56. The van der Waals surface area contributed by atoms with Crippen molar-refractivity contribution in [1.29, 1.82) is 0 Å². The number of ether oxygens (including phenoxy) is 4. The van der Waals surface area contributed by atoms with E-state index in [1.807, 2.05) is 0 Å². The van der Waals surface area contributed by atoms with E-state index in [9.17, 15) is 29.9 Å². The van der Waals surface area contributed by atoms with Crippen LogP contribution in [-0.2, 0) is 23.4 Å². The molecule has 0 aliphatic carbocycles. The van der Waals surface area contributed by atoms with Gasteiger partial charge in [0.05, 0.1) is 27.4 Å². The second kappa shape index (κ2) is 13.2. The van der Waals surface area contributed by atoms with E-state index in [0.717, 1.165) is 10.8 Å². The van der Waals surface area contributed by atoms with Crippen molar-refractivity contribution in [3.05, 3.63) is 51.4 Å². The zero-order valence-electron chi connectivity index (χ0n) is 22.4. The summed E-state index contributed by atoms with van der Waals surface area (Å²) in [6.45, 7) is 1.90. The molecule has 19 heteroatoms. The molecule has 0 bridgehead atoms. The first kappa shape index (κ1) is 31.6. The fraction of sp³-hybridized carbons (Fsp3) is 0.500. The summed E-state index contributed by atoms with van der Waals surface area (Å²) in [6.07, 6.45) is -4.35. The number of nitrogens with zero attached hydrogens (tertiary/aromatic N) is 5. The first-order chi connectivity index (χ1) is 19.4. The van der Waals surface area contributed by atoms with Crippen LogP contribution < -0.4 is 30.5 Å². The molecule has 0 amide bonds. The molecule has 1 aliphatic rings. The quantitative estimate of drug-likeness (QED) is 0.0819. The molecule has 1 aromatic heterocycles. The number of hydrogen-bond acceptors (Lipinski definition) is 14. The van der Waals surface area contributed by atoms with Crippen molar-refractivity contribution < 1.29 is 47.6 Å². The van der Waals surface area contributed by atoms with Crippen LogP contribution in [0.1, 0.15) is 20.1 Å². The zero-order chi connectivity index (χ0) is 30.4. The Kier molecular flexibility index (Phi) is 10.2. The highest BCUT2D eigenvalue weighted by Crippen LogP contribution is 2.52. The number of aliphatic hydroxyl groups excluding tert-OH is 2. The molecular formula is C22H30N7O11P. The van der Waals surface area contributed by atoms with Crippen LogP contribution in [0, 0.1) is 0 Å². The van der Waals surface area contributed by atoms with Crippen molar-refractivity contribution in [2.45, 2.75) is 44.1 Å². The van der Waals surface area contributed by atoms with Crippen LogP contribution in [0.3, 0.4) is 0 Å². The molecule has 18 nitrogen and oxygen atoms in total. The molecule has 1 aliphatic heterocycles. The Hall–Kier alpha value is -3.89. The van der Waals surface area contributed by atoms with Gasteiger partial charge in [-0.1, -0.05) is 11.2 Å². The van der Waals surface area contributed by atoms with E-state index in [2.05, 4.69) is 20.1 Å². The maximum Gasteiger partial charge on any atom is 0.459 e. The predicted molar refractivity (Wildman–Crippen MR) is 140 cm³/mol. The number of azide groups is 1. The molecule has 1 aromatic carbocycles. The van der Waals surface area contributed by atoms with Gasteiger partial charge in [0.25, 0.3) is 0 Å². The minimum Gasteiger partial charge on any atom is -0.493 e. The van der Waals surface area contributed by atoms with Crippen LogP contribution in [0.2, 0.25) is 0 Å². The van der Waals surface area contributed by atoms with E-state index in [0.29, 0.717) is 0 Å². The lowest BCUT2D eigenvalue weighted by molar-refractivity contribution is -0.144. The smallest absolute Gasteiger partial charge is 0.459 e. The van der Waals surface area contributed by atoms with Crippen LogP contribution in [0.15, 0.2) is 40.4 Å². The third-order valence-electron chi connectivity index (χ3n) is 5.77. The summed E-state index contributed by atoms with van der Waals surface area (Å²) in [5.41, 5.74) is 11.4. The first-order valence-corrected chi connectivity index (χ1v) is 13.5. The molecule has 1 saturated heterocycles. The largest absolute Gasteiger partial charge is 0.493 e. The lowest BCUT2D eigenvalue weighted by atomic mass is 10.1. The number of hydrogen-bond donors (Lipinski definition) is 4. The van der Waals surface area contributed by atoms with Crippen LogP contribution >= 0.6 is 7.75 Å². The number of anilines is 1. The van der Waals surface area contributed by atoms with E-state index in [1.165, 1.54) is 39.3 Å². The lowest BCUT2D eigenvalue weighted by Crippen LogP contribution is -2.45. The van der Waals surface area contributed by atoms with Gasteiger partial charge in [0.1, 0.15) is 24.1 Å². The minimum absolute atomic E-state index is 0.0237. The Labute approximate surface area is 233 Å². The number of benzene rings is 1. The van der Waals surface area contributed by atoms with Gasteiger partial charge < -0.3 is 39.4 Å². The predicted octanol–water partition coefficient (Wildman–Crippen LogP) is 0.845. The number of nitrogens with one attached hydrogen (secondary N) is 1. The molecule has 224 valence electrons. The Morgan fingerprint density at radius 2 is 2.00 bits per heavy atom. The van der Waals surface area contributed by atoms with Gasteiger partial charge in [-0.15, -0.1) is 0 Å². The maximum atomic E-state index is 14.1. The van der Waals surface area contributed by atoms with Gasteiger partial charge >= 0.3 is 19.4 Å². The number of aromatic nitrogens is 2. The molecule has 1 fully saturated rings. The van der Waals surface area contributed by atoms with Crippen molar-refractivity contribution in [2.75, 3.05) is 33.2 Å². The summed E-state index contributed by atoms with van der Waals surface area (Å²) >= 11 is 0. The van der Waals surface area contributed by atoms with Crippen molar-refractivity contribution in [3.63, 3.8) is 0 Å². The Balaban J connectivity index is 2.00. The van der Waals surface area contributed by atoms with E-state index < -0.39 is 56.2 Å². The van der Waals surface area contributed by atoms with Crippen LogP contribution in [0.25, 0.3) is 10.4 Å². The molecule has 6 atom stereocenters. The number of carbonyl (C=O) groups is 1. The maximum absolute atomic E-state index is 14.1. The van der Waals surface area contributed by atoms with Crippen molar-refractivity contribution in [3.8, 4) is 17.2 Å². The monoisotopic (exact) mass is 599 g/mol. The zero-order valence-corrected chi connectivity index (χ0v) is 23.3. The molecule has 5 N–H and O–H groups in total. The Morgan fingerprint density at radius 3 is 2.56 bits per heavy atom. The number of rotatable bonds is 13. The van der Waals surface area contributed by atoms with Gasteiger partial charge in [-0.05, 0) is 37.6 Å². The topological polar surface area (TPSA) is 252 Å². The molecule has 2 heterocycles. The summed E-state index contributed by atoms with van der Waals surface area (Å²) in [5.74, 6) is -0.958. The Bertz CT molecular complexity index is 1380.